The van der Waals surface area contributed by atoms with Gasteiger partial charge < -0.3 is 15.6 Å². The van der Waals surface area contributed by atoms with Crippen LogP contribution in [-0.4, -0.2) is 35.1 Å². The lowest BCUT2D eigenvalue weighted by Crippen LogP contribution is -2.34. The summed E-state index contributed by atoms with van der Waals surface area (Å²) in [5, 5.41) is 6.17. The van der Waals surface area contributed by atoms with Crippen LogP contribution in [0.4, 0.5) is 0 Å². The Labute approximate surface area is 116 Å². The van der Waals surface area contributed by atoms with E-state index in [1.807, 2.05) is 24.3 Å². The molecule has 3 rings (SSSR count). The molecule has 1 aliphatic heterocycles. The summed E-state index contributed by atoms with van der Waals surface area (Å²) in [5.41, 5.74) is 1.27. The molecule has 0 bridgehead atoms. The first-order valence-corrected chi connectivity index (χ1v) is 6.89. The van der Waals surface area contributed by atoms with Crippen LogP contribution in [0.1, 0.15) is 6.42 Å². The molecule has 20 heavy (non-hydrogen) atoms. The number of nitrogens with one attached hydrogen (secondary N) is 3. The van der Waals surface area contributed by atoms with Gasteiger partial charge in [-0.15, -0.1) is 0 Å². The normalized spacial score (nSPS) is 18.5. The van der Waals surface area contributed by atoms with Gasteiger partial charge in [-0.05, 0) is 37.6 Å². The monoisotopic (exact) mass is 274 g/mol. The molecule has 1 amide bonds. The van der Waals surface area contributed by atoms with E-state index in [2.05, 4.69) is 15.6 Å². The molecule has 1 aliphatic rings. The van der Waals surface area contributed by atoms with E-state index in [0.29, 0.717) is 12.5 Å². The Kier molecular flexibility index (Phi) is 3.56. The maximum absolute atomic E-state index is 12.0. The number of hydrogen-bond acceptors (Lipinski definition) is 3. The molecule has 1 unspecified atom stereocenters. The van der Waals surface area contributed by atoms with Crippen LogP contribution in [0.25, 0.3) is 11.0 Å². The second-order valence-electron chi connectivity index (χ2n) is 5.20. The molecule has 106 valence electrons. The lowest BCUT2D eigenvalue weighted by Gasteiger charge is -2.10. The van der Waals surface area contributed by atoms with Gasteiger partial charge in [-0.1, -0.05) is 12.1 Å². The Hall–Kier alpha value is -2.08. The van der Waals surface area contributed by atoms with Crippen LogP contribution in [0.15, 0.2) is 29.1 Å². The number of carbonyl (C=O) groups is 1. The molecule has 0 saturated carbocycles. The summed E-state index contributed by atoms with van der Waals surface area (Å²) in [6, 6.07) is 7.38. The van der Waals surface area contributed by atoms with Crippen molar-refractivity contribution in [1.29, 1.82) is 0 Å². The van der Waals surface area contributed by atoms with Crippen molar-refractivity contribution in [2.24, 2.45) is 5.92 Å². The van der Waals surface area contributed by atoms with E-state index in [0.717, 1.165) is 30.5 Å². The molecule has 1 atom stereocenters. The molecule has 0 aliphatic carbocycles. The molecular formula is C14H18N4O2. The van der Waals surface area contributed by atoms with Crippen molar-refractivity contribution < 1.29 is 4.79 Å². The SMILES string of the molecule is O=C(Cn1c(=O)[nH]c2ccccc21)NCC1CCNC1. The largest absolute Gasteiger partial charge is 0.354 e. The van der Waals surface area contributed by atoms with Crippen LogP contribution in [0, 0.1) is 5.92 Å². The minimum atomic E-state index is -0.246. The van der Waals surface area contributed by atoms with E-state index in [1.165, 1.54) is 4.57 Å². The Morgan fingerprint density at radius 2 is 2.25 bits per heavy atom. The molecule has 1 aromatic heterocycles. The minimum Gasteiger partial charge on any atom is -0.354 e. The molecule has 2 heterocycles. The molecule has 3 N–H and O–H groups in total. The maximum atomic E-state index is 12.0. The first-order valence-electron chi connectivity index (χ1n) is 6.89. The van der Waals surface area contributed by atoms with E-state index in [9.17, 15) is 9.59 Å². The molecule has 1 aromatic carbocycles. The zero-order valence-electron chi connectivity index (χ0n) is 11.2. The van der Waals surface area contributed by atoms with Crippen molar-refractivity contribution in [2.75, 3.05) is 19.6 Å². The van der Waals surface area contributed by atoms with Gasteiger partial charge in [0.2, 0.25) is 5.91 Å². The first-order chi connectivity index (χ1) is 9.74. The van der Waals surface area contributed by atoms with Gasteiger partial charge in [-0.2, -0.15) is 0 Å². The molecule has 0 spiro atoms. The van der Waals surface area contributed by atoms with Crippen LogP contribution in [-0.2, 0) is 11.3 Å². The average molecular weight is 274 g/mol. The predicted molar refractivity (Wildman–Crippen MR) is 76.5 cm³/mol. The highest BCUT2D eigenvalue weighted by Crippen LogP contribution is 2.09. The summed E-state index contributed by atoms with van der Waals surface area (Å²) < 4.78 is 1.47. The molecule has 2 aromatic rings. The zero-order chi connectivity index (χ0) is 13.9. The number of imidazole rings is 1. The van der Waals surface area contributed by atoms with Gasteiger partial charge in [0.15, 0.2) is 0 Å². The van der Waals surface area contributed by atoms with Crippen molar-refractivity contribution in [3.63, 3.8) is 0 Å². The maximum Gasteiger partial charge on any atom is 0.326 e. The second-order valence-corrected chi connectivity index (χ2v) is 5.20. The van der Waals surface area contributed by atoms with Crippen molar-refractivity contribution in [3.8, 4) is 0 Å². The van der Waals surface area contributed by atoms with Gasteiger partial charge in [0, 0.05) is 6.54 Å². The lowest BCUT2D eigenvalue weighted by atomic mass is 10.1. The number of rotatable bonds is 4. The van der Waals surface area contributed by atoms with Crippen molar-refractivity contribution in [1.82, 2.24) is 20.2 Å². The van der Waals surface area contributed by atoms with Gasteiger partial charge in [0.25, 0.3) is 0 Å². The number of benzene rings is 1. The number of nitrogens with zero attached hydrogens (tertiary/aromatic N) is 1. The number of aromatic amines is 1. The van der Waals surface area contributed by atoms with Crippen LogP contribution in [0.2, 0.25) is 0 Å². The number of hydrogen-bond donors (Lipinski definition) is 3. The summed E-state index contributed by atoms with van der Waals surface area (Å²) in [7, 11) is 0. The standard InChI is InChI=1S/C14H18N4O2/c19-13(16-8-10-5-6-15-7-10)9-18-12-4-2-1-3-11(12)17-14(18)20/h1-4,10,15H,5-9H2,(H,16,19)(H,17,20). The molecular weight excluding hydrogens is 256 g/mol. The van der Waals surface area contributed by atoms with E-state index in [-0.39, 0.29) is 18.1 Å². The third kappa shape index (κ3) is 2.60. The smallest absolute Gasteiger partial charge is 0.326 e. The lowest BCUT2D eigenvalue weighted by molar-refractivity contribution is -0.121. The van der Waals surface area contributed by atoms with Crippen LogP contribution in [0.5, 0.6) is 0 Å². The molecule has 6 heteroatoms. The Morgan fingerprint density at radius 1 is 1.40 bits per heavy atom. The van der Waals surface area contributed by atoms with E-state index >= 15 is 0 Å². The van der Waals surface area contributed by atoms with Gasteiger partial charge in [-0.3, -0.25) is 9.36 Å². The molecule has 6 nitrogen and oxygen atoms in total. The summed E-state index contributed by atoms with van der Waals surface area (Å²) in [6.07, 6.45) is 1.09. The Balaban J connectivity index is 1.67. The summed E-state index contributed by atoms with van der Waals surface area (Å²) in [4.78, 5) is 26.6. The quantitative estimate of drug-likeness (QED) is 0.737. The Morgan fingerprint density at radius 3 is 3.05 bits per heavy atom. The molecule has 0 radical (unpaired) electrons. The Bertz CT molecular complexity index is 667. The molecule has 1 fully saturated rings. The number of amides is 1. The second kappa shape index (κ2) is 5.50. The van der Waals surface area contributed by atoms with Crippen molar-refractivity contribution in [2.45, 2.75) is 13.0 Å². The topological polar surface area (TPSA) is 78.9 Å². The predicted octanol–water partition coefficient (Wildman–Crippen LogP) is 0.0553. The van der Waals surface area contributed by atoms with Gasteiger partial charge in [0.1, 0.15) is 6.54 Å². The highest BCUT2D eigenvalue weighted by Gasteiger charge is 2.16. The van der Waals surface area contributed by atoms with Crippen LogP contribution in [0.3, 0.4) is 0 Å². The highest BCUT2D eigenvalue weighted by atomic mass is 16.2. The van der Waals surface area contributed by atoms with Gasteiger partial charge >= 0.3 is 5.69 Å². The minimum absolute atomic E-state index is 0.0585. The number of carbonyl (C=O) groups excluding carboxylic acids is 1. The fourth-order valence-electron chi connectivity index (χ4n) is 2.61. The fraction of sp³-hybridized carbons (Fsp3) is 0.429. The number of aromatic nitrogens is 2. The van der Waals surface area contributed by atoms with E-state index < -0.39 is 0 Å². The summed E-state index contributed by atoms with van der Waals surface area (Å²) >= 11 is 0. The first kappa shape index (κ1) is 12.9. The number of para-hydroxylation sites is 2. The van der Waals surface area contributed by atoms with Crippen LogP contribution < -0.4 is 16.3 Å². The average Bonchev–Trinajstić information content (AvgIpc) is 3.06. The summed E-state index contributed by atoms with van der Waals surface area (Å²) in [5.74, 6) is 0.377. The van der Waals surface area contributed by atoms with E-state index in [4.69, 9.17) is 0 Å². The molecule has 1 saturated heterocycles. The van der Waals surface area contributed by atoms with E-state index in [1.54, 1.807) is 0 Å². The summed E-state index contributed by atoms with van der Waals surface area (Å²) in [6.45, 7) is 2.70. The third-order valence-electron chi connectivity index (χ3n) is 3.73. The van der Waals surface area contributed by atoms with Crippen molar-refractivity contribution in [3.05, 3.63) is 34.7 Å². The zero-order valence-corrected chi connectivity index (χ0v) is 11.2. The van der Waals surface area contributed by atoms with Gasteiger partial charge in [-0.25, -0.2) is 4.79 Å². The van der Waals surface area contributed by atoms with Crippen molar-refractivity contribution >= 4 is 16.9 Å². The number of fused-ring (bicyclic) bond motifs is 1. The van der Waals surface area contributed by atoms with Crippen LogP contribution >= 0.6 is 0 Å². The van der Waals surface area contributed by atoms with Gasteiger partial charge in [0.05, 0.1) is 11.0 Å². The third-order valence-corrected chi connectivity index (χ3v) is 3.73. The highest BCUT2D eigenvalue weighted by molar-refractivity contribution is 5.80. The fourth-order valence-corrected chi connectivity index (χ4v) is 2.61. The number of H-pyrrole nitrogens is 1.